The number of thioether (sulfide) groups is 1. The minimum Gasteiger partial charge on any atom is -0.378 e. The fourth-order valence-electron chi connectivity index (χ4n) is 2.43. The van der Waals surface area contributed by atoms with Gasteiger partial charge in [-0.05, 0) is 49.7 Å². The van der Waals surface area contributed by atoms with Crippen LogP contribution in [0, 0.1) is 5.92 Å². The summed E-state index contributed by atoms with van der Waals surface area (Å²) in [4.78, 5) is 0. The average Bonchev–Trinajstić information content (AvgIpc) is 2.79. The van der Waals surface area contributed by atoms with Gasteiger partial charge in [-0.2, -0.15) is 11.8 Å². The molecule has 0 aromatic carbocycles. The van der Waals surface area contributed by atoms with Crippen molar-refractivity contribution in [1.29, 1.82) is 0 Å². The van der Waals surface area contributed by atoms with E-state index in [4.69, 9.17) is 4.74 Å². The van der Waals surface area contributed by atoms with Crippen LogP contribution in [0.1, 0.15) is 32.6 Å². The highest BCUT2D eigenvalue weighted by atomic mass is 32.2. The zero-order valence-corrected chi connectivity index (χ0v) is 10.5. The molecule has 0 amide bonds. The summed E-state index contributed by atoms with van der Waals surface area (Å²) in [6.45, 7) is 4.41. The lowest BCUT2D eigenvalue weighted by molar-refractivity contribution is -0.000449. The number of rotatable bonds is 4. The number of ether oxygens (including phenoxy) is 1. The molecule has 0 aromatic rings. The van der Waals surface area contributed by atoms with Crippen LogP contribution >= 0.6 is 11.8 Å². The zero-order chi connectivity index (χ0) is 10.5. The second-order valence-electron chi connectivity index (χ2n) is 4.76. The third kappa shape index (κ3) is 3.65. The fourth-order valence-corrected chi connectivity index (χ4v) is 3.71. The van der Waals surface area contributed by atoms with E-state index in [1.54, 1.807) is 0 Å². The molecule has 3 heteroatoms. The third-order valence-corrected chi connectivity index (χ3v) is 4.77. The van der Waals surface area contributed by atoms with E-state index in [1.807, 2.05) is 0 Å². The first kappa shape index (κ1) is 11.7. The lowest BCUT2D eigenvalue weighted by Crippen LogP contribution is -2.40. The van der Waals surface area contributed by atoms with Gasteiger partial charge in [-0.25, -0.2) is 0 Å². The topological polar surface area (TPSA) is 21.3 Å². The van der Waals surface area contributed by atoms with Crippen LogP contribution in [0.5, 0.6) is 0 Å². The van der Waals surface area contributed by atoms with E-state index in [-0.39, 0.29) is 0 Å². The minimum absolute atomic E-state index is 0.509. The number of hydrogen-bond acceptors (Lipinski definition) is 3. The van der Waals surface area contributed by atoms with Crippen molar-refractivity contribution < 1.29 is 4.74 Å². The van der Waals surface area contributed by atoms with E-state index in [0.717, 1.165) is 18.9 Å². The van der Waals surface area contributed by atoms with Crippen LogP contribution in [-0.4, -0.2) is 36.8 Å². The smallest absolute Gasteiger partial charge is 0.0587 e. The first-order valence-corrected chi connectivity index (χ1v) is 7.46. The van der Waals surface area contributed by atoms with Gasteiger partial charge < -0.3 is 10.1 Å². The van der Waals surface area contributed by atoms with Gasteiger partial charge in [0.2, 0.25) is 0 Å². The summed E-state index contributed by atoms with van der Waals surface area (Å²) in [5.74, 6) is 3.67. The van der Waals surface area contributed by atoms with E-state index < -0.39 is 0 Å². The molecular formula is C12H23NOS. The second kappa shape index (κ2) is 6.12. The lowest BCUT2D eigenvalue weighted by Gasteiger charge is -2.30. The largest absolute Gasteiger partial charge is 0.378 e. The van der Waals surface area contributed by atoms with Crippen molar-refractivity contribution in [3.8, 4) is 0 Å². The average molecular weight is 229 g/mol. The van der Waals surface area contributed by atoms with Gasteiger partial charge in [0.1, 0.15) is 0 Å². The minimum atomic E-state index is 0.509. The van der Waals surface area contributed by atoms with Crippen LogP contribution in [0.4, 0.5) is 0 Å². The van der Waals surface area contributed by atoms with Gasteiger partial charge in [0.15, 0.2) is 0 Å². The highest BCUT2D eigenvalue weighted by Gasteiger charge is 2.22. The monoisotopic (exact) mass is 229 g/mol. The van der Waals surface area contributed by atoms with E-state index in [9.17, 15) is 0 Å². The van der Waals surface area contributed by atoms with Crippen LogP contribution in [0.2, 0.25) is 0 Å². The Morgan fingerprint density at radius 3 is 3.07 bits per heavy atom. The zero-order valence-electron chi connectivity index (χ0n) is 9.71. The molecule has 0 saturated carbocycles. The van der Waals surface area contributed by atoms with Crippen molar-refractivity contribution in [2.24, 2.45) is 5.92 Å². The molecule has 2 saturated heterocycles. The normalized spacial score (nSPS) is 37.0. The standard InChI is InChI=1S/C12H23NOS/c1-2-12-7-11(3-5-14-12)13-8-10-4-6-15-9-10/h10-13H,2-9H2,1H3. The van der Waals surface area contributed by atoms with Crippen molar-refractivity contribution in [2.75, 3.05) is 24.7 Å². The molecule has 2 heterocycles. The highest BCUT2D eigenvalue weighted by molar-refractivity contribution is 7.99. The Balaban J connectivity index is 1.65. The molecule has 0 aliphatic carbocycles. The Morgan fingerprint density at radius 2 is 2.33 bits per heavy atom. The van der Waals surface area contributed by atoms with Crippen molar-refractivity contribution in [2.45, 2.75) is 44.8 Å². The molecule has 2 aliphatic heterocycles. The van der Waals surface area contributed by atoms with Crippen LogP contribution in [-0.2, 0) is 4.74 Å². The number of hydrogen-bond donors (Lipinski definition) is 1. The Labute approximate surface area is 97.5 Å². The summed E-state index contributed by atoms with van der Waals surface area (Å²) in [6, 6.07) is 0.717. The molecule has 88 valence electrons. The van der Waals surface area contributed by atoms with E-state index in [0.29, 0.717) is 12.1 Å². The maximum absolute atomic E-state index is 5.69. The predicted octanol–water partition coefficient (Wildman–Crippen LogP) is 2.29. The first-order valence-electron chi connectivity index (χ1n) is 6.31. The summed E-state index contributed by atoms with van der Waals surface area (Å²) < 4.78 is 5.69. The Bertz CT molecular complexity index is 182. The summed E-state index contributed by atoms with van der Waals surface area (Å²) in [7, 11) is 0. The molecule has 3 unspecified atom stereocenters. The van der Waals surface area contributed by atoms with Crippen LogP contribution in [0.3, 0.4) is 0 Å². The van der Waals surface area contributed by atoms with Crippen LogP contribution in [0.25, 0.3) is 0 Å². The lowest BCUT2D eigenvalue weighted by atomic mass is 10.0. The van der Waals surface area contributed by atoms with Gasteiger partial charge in [0.25, 0.3) is 0 Å². The molecule has 0 bridgehead atoms. The van der Waals surface area contributed by atoms with E-state index in [1.165, 1.54) is 37.3 Å². The predicted molar refractivity (Wildman–Crippen MR) is 66.5 cm³/mol. The molecule has 0 spiro atoms. The van der Waals surface area contributed by atoms with Gasteiger partial charge in [-0.3, -0.25) is 0 Å². The highest BCUT2D eigenvalue weighted by Crippen LogP contribution is 2.23. The van der Waals surface area contributed by atoms with Gasteiger partial charge in [-0.15, -0.1) is 0 Å². The number of nitrogens with one attached hydrogen (secondary N) is 1. The molecule has 2 aliphatic rings. The summed E-state index contributed by atoms with van der Waals surface area (Å²) >= 11 is 2.11. The Morgan fingerprint density at radius 1 is 1.40 bits per heavy atom. The molecule has 2 rings (SSSR count). The molecule has 15 heavy (non-hydrogen) atoms. The van der Waals surface area contributed by atoms with Gasteiger partial charge in [-0.1, -0.05) is 6.92 Å². The molecule has 1 N–H and O–H groups in total. The van der Waals surface area contributed by atoms with Crippen molar-refractivity contribution in [3.05, 3.63) is 0 Å². The fraction of sp³-hybridized carbons (Fsp3) is 1.00. The van der Waals surface area contributed by atoms with Gasteiger partial charge in [0, 0.05) is 12.6 Å². The Hall–Kier alpha value is 0.270. The van der Waals surface area contributed by atoms with Gasteiger partial charge >= 0.3 is 0 Å². The third-order valence-electron chi connectivity index (χ3n) is 3.54. The molecule has 2 fully saturated rings. The van der Waals surface area contributed by atoms with Crippen LogP contribution < -0.4 is 5.32 Å². The van der Waals surface area contributed by atoms with Gasteiger partial charge in [0.05, 0.1) is 6.10 Å². The molecule has 3 atom stereocenters. The molecule has 2 nitrogen and oxygen atoms in total. The summed E-state index contributed by atoms with van der Waals surface area (Å²) in [5, 5.41) is 3.73. The quantitative estimate of drug-likeness (QED) is 0.799. The SMILES string of the molecule is CCC1CC(NCC2CCSC2)CCO1. The van der Waals surface area contributed by atoms with Crippen molar-refractivity contribution in [3.63, 3.8) is 0 Å². The van der Waals surface area contributed by atoms with Crippen LogP contribution in [0.15, 0.2) is 0 Å². The molecule has 0 radical (unpaired) electrons. The first-order chi connectivity index (χ1) is 7.38. The Kier molecular flexibility index (Phi) is 4.79. The van der Waals surface area contributed by atoms with E-state index in [2.05, 4.69) is 24.0 Å². The summed E-state index contributed by atoms with van der Waals surface area (Å²) in [5.41, 5.74) is 0. The van der Waals surface area contributed by atoms with Crippen molar-refractivity contribution >= 4 is 11.8 Å². The van der Waals surface area contributed by atoms with Crippen molar-refractivity contribution in [1.82, 2.24) is 5.32 Å². The molecule has 0 aromatic heterocycles. The van der Waals surface area contributed by atoms with E-state index >= 15 is 0 Å². The second-order valence-corrected chi connectivity index (χ2v) is 5.91. The summed E-state index contributed by atoms with van der Waals surface area (Å²) in [6.07, 6.45) is 5.51. The molecular weight excluding hydrogens is 206 g/mol. The maximum atomic E-state index is 5.69. The maximum Gasteiger partial charge on any atom is 0.0587 e.